The molecule has 0 heterocycles. The number of benzene rings is 2. The van der Waals surface area contributed by atoms with Crippen molar-refractivity contribution in [1.29, 1.82) is 0 Å². The molecule has 102 valence electrons. The zero-order valence-electron chi connectivity index (χ0n) is 11.1. The van der Waals surface area contributed by atoms with Gasteiger partial charge in [-0.2, -0.15) is 0 Å². The van der Waals surface area contributed by atoms with Gasteiger partial charge in [-0.3, -0.25) is 4.79 Å². The molecule has 1 atom stereocenters. The highest BCUT2D eigenvalue weighted by molar-refractivity contribution is 5.87. The van der Waals surface area contributed by atoms with Gasteiger partial charge in [-0.15, -0.1) is 0 Å². The van der Waals surface area contributed by atoms with Crippen LogP contribution in [0.15, 0.2) is 41.5 Å². The first-order valence-corrected chi connectivity index (χ1v) is 5.89. The van der Waals surface area contributed by atoms with E-state index in [9.17, 15) is 9.90 Å². The van der Waals surface area contributed by atoms with E-state index in [1.807, 2.05) is 12.1 Å². The van der Waals surface area contributed by atoms with Gasteiger partial charge in [-0.05, 0) is 47.0 Å². The second-order valence-corrected chi connectivity index (χ2v) is 4.49. The van der Waals surface area contributed by atoms with E-state index in [0.717, 1.165) is 16.5 Å². The second kappa shape index (κ2) is 5.11. The first-order chi connectivity index (χ1) is 9.51. The summed E-state index contributed by atoms with van der Waals surface area (Å²) in [4.78, 5) is 14.0. The summed E-state index contributed by atoms with van der Waals surface area (Å²) >= 11 is 0. The molecule has 0 aromatic heterocycles. The number of hydrogen-bond acceptors (Lipinski definition) is 3. The van der Waals surface area contributed by atoms with Crippen molar-refractivity contribution in [3.63, 3.8) is 0 Å². The molecule has 1 N–H and O–H groups in total. The third kappa shape index (κ3) is 2.24. The zero-order chi connectivity index (χ0) is 14.8. The lowest BCUT2D eigenvalue weighted by atomic mass is 9.91. The summed E-state index contributed by atoms with van der Waals surface area (Å²) in [7, 11) is 1.58. The Kier molecular flexibility index (Phi) is 3.50. The van der Waals surface area contributed by atoms with Gasteiger partial charge in [0, 0.05) is 4.91 Å². The lowest BCUT2D eigenvalue weighted by molar-refractivity contribution is -0.142. The number of carboxylic acids is 1. The molecule has 0 radical (unpaired) electrons. The molecule has 0 amide bonds. The molecule has 2 aromatic carbocycles. The van der Waals surface area contributed by atoms with Crippen LogP contribution in [0.1, 0.15) is 12.5 Å². The highest BCUT2D eigenvalue weighted by Gasteiger charge is 2.34. The average molecular weight is 271 g/mol. The van der Waals surface area contributed by atoms with E-state index in [4.69, 9.17) is 10.3 Å². The number of aliphatic carboxylic acids is 1. The maximum absolute atomic E-state index is 11.4. The number of nitrogens with zero attached hydrogens (tertiary/aromatic N) is 3. The number of carboxylic acid groups (broad SMARTS) is 1. The maximum Gasteiger partial charge on any atom is 0.319 e. The number of azide groups is 1. The topological polar surface area (TPSA) is 95.3 Å². The molecule has 0 spiro atoms. The number of fused-ring (bicyclic) bond motifs is 1. The molecule has 1 unspecified atom stereocenters. The summed E-state index contributed by atoms with van der Waals surface area (Å²) < 4.78 is 5.14. The molecular formula is C14H13N3O3. The summed E-state index contributed by atoms with van der Waals surface area (Å²) in [6.45, 7) is 1.37. The molecule has 6 nitrogen and oxygen atoms in total. The molecular weight excluding hydrogens is 258 g/mol. The van der Waals surface area contributed by atoms with Crippen LogP contribution in [0.4, 0.5) is 0 Å². The number of rotatable bonds is 4. The lowest BCUT2D eigenvalue weighted by Gasteiger charge is -2.19. The van der Waals surface area contributed by atoms with Crippen LogP contribution in [-0.2, 0) is 10.3 Å². The van der Waals surface area contributed by atoms with Crippen molar-refractivity contribution in [2.24, 2.45) is 5.11 Å². The quantitative estimate of drug-likeness (QED) is 0.524. The van der Waals surface area contributed by atoms with Gasteiger partial charge in [0.15, 0.2) is 5.54 Å². The van der Waals surface area contributed by atoms with Crippen LogP contribution < -0.4 is 4.74 Å². The van der Waals surface area contributed by atoms with Gasteiger partial charge in [-0.25, -0.2) is 0 Å². The first-order valence-electron chi connectivity index (χ1n) is 5.89. The molecule has 0 saturated heterocycles. The fourth-order valence-corrected chi connectivity index (χ4v) is 1.97. The standard InChI is InChI=1S/C14H13N3O3/c1-14(13(18)19,16-17-15)11-5-3-10-8-12(20-2)6-4-9(10)7-11/h3-8H,1-2H3,(H,18,19). The van der Waals surface area contributed by atoms with Crippen LogP contribution >= 0.6 is 0 Å². The summed E-state index contributed by atoms with van der Waals surface area (Å²) in [5, 5.41) is 14.5. The van der Waals surface area contributed by atoms with E-state index in [1.54, 1.807) is 31.4 Å². The molecule has 0 bridgehead atoms. The number of hydrogen-bond donors (Lipinski definition) is 1. The third-order valence-electron chi connectivity index (χ3n) is 3.27. The molecule has 0 saturated carbocycles. The smallest absolute Gasteiger partial charge is 0.319 e. The molecule has 6 heteroatoms. The molecule has 0 aliphatic heterocycles. The Labute approximate surface area is 115 Å². The highest BCUT2D eigenvalue weighted by Crippen LogP contribution is 2.30. The maximum atomic E-state index is 11.4. The Bertz CT molecular complexity index is 719. The van der Waals surface area contributed by atoms with Crippen molar-refractivity contribution in [3.8, 4) is 5.75 Å². The van der Waals surface area contributed by atoms with Crippen molar-refractivity contribution in [3.05, 3.63) is 52.4 Å². The summed E-state index contributed by atoms with van der Waals surface area (Å²) in [5.41, 5.74) is 7.38. The van der Waals surface area contributed by atoms with Crippen LogP contribution in [0.25, 0.3) is 21.2 Å². The Balaban J connectivity index is 2.61. The first kappa shape index (κ1) is 13.7. The van der Waals surface area contributed by atoms with E-state index >= 15 is 0 Å². The predicted molar refractivity (Wildman–Crippen MR) is 74.6 cm³/mol. The molecule has 0 fully saturated rings. The van der Waals surface area contributed by atoms with Crippen molar-refractivity contribution in [2.45, 2.75) is 12.5 Å². The number of carbonyl (C=O) groups is 1. The Hall–Kier alpha value is -2.72. The minimum absolute atomic E-state index is 0.431. The largest absolute Gasteiger partial charge is 0.497 e. The van der Waals surface area contributed by atoms with Gasteiger partial charge in [0.25, 0.3) is 0 Å². The third-order valence-corrected chi connectivity index (χ3v) is 3.27. The van der Waals surface area contributed by atoms with Crippen molar-refractivity contribution in [1.82, 2.24) is 0 Å². The predicted octanol–water partition coefficient (Wildman–Crippen LogP) is 3.46. The van der Waals surface area contributed by atoms with Gasteiger partial charge in [0.05, 0.1) is 7.11 Å². The second-order valence-electron chi connectivity index (χ2n) is 4.49. The van der Waals surface area contributed by atoms with Gasteiger partial charge in [0.2, 0.25) is 0 Å². The Morgan fingerprint density at radius 3 is 2.55 bits per heavy atom. The number of methoxy groups -OCH3 is 1. The van der Waals surface area contributed by atoms with E-state index in [2.05, 4.69) is 10.0 Å². The summed E-state index contributed by atoms with van der Waals surface area (Å²) in [5.74, 6) is -0.468. The van der Waals surface area contributed by atoms with Crippen LogP contribution in [0.3, 0.4) is 0 Å². The van der Waals surface area contributed by atoms with Crippen LogP contribution in [0.5, 0.6) is 5.75 Å². The Morgan fingerprint density at radius 1 is 1.30 bits per heavy atom. The fraction of sp³-hybridized carbons (Fsp3) is 0.214. The Morgan fingerprint density at radius 2 is 1.95 bits per heavy atom. The minimum atomic E-state index is -1.62. The zero-order valence-corrected chi connectivity index (χ0v) is 11.1. The SMILES string of the molecule is COc1ccc2cc(C(C)(N=[N+]=[N-])C(=O)O)ccc2c1. The van der Waals surface area contributed by atoms with E-state index in [0.29, 0.717) is 5.56 Å². The van der Waals surface area contributed by atoms with Gasteiger partial charge in [-0.1, -0.05) is 23.3 Å². The van der Waals surface area contributed by atoms with Crippen LogP contribution in [0, 0.1) is 0 Å². The molecule has 0 aliphatic carbocycles. The average Bonchev–Trinajstić information content (AvgIpc) is 2.46. The highest BCUT2D eigenvalue weighted by atomic mass is 16.5. The van der Waals surface area contributed by atoms with Crippen molar-refractivity contribution < 1.29 is 14.6 Å². The molecule has 2 aromatic rings. The molecule has 0 aliphatic rings. The fourth-order valence-electron chi connectivity index (χ4n) is 1.97. The van der Waals surface area contributed by atoms with Gasteiger partial charge >= 0.3 is 5.97 Å². The minimum Gasteiger partial charge on any atom is -0.497 e. The van der Waals surface area contributed by atoms with Crippen LogP contribution in [-0.4, -0.2) is 18.2 Å². The van der Waals surface area contributed by atoms with E-state index in [-0.39, 0.29) is 0 Å². The van der Waals surface area contributed by atoms with E-state index in [1.165, 1.54) is 6.92 Å². The monoisotopic (exact) mass is 271 g/mol. The normalized spacial score (nSPS) is 13.3. The van der Waals surface area contributed by atoms with Gasteiger partial charge < -0.3 is 9.84 Å². The van der Waals surface area contributed by atoms with Gasteiger partial charge in [0.1, 0.15) is 5.75 Å². The molecule has 20 heavy (non-hydrogen) atoms. The van der Waals surface area contributed by atoms with Crippen molar-refractivity contribution >= 4 is 16.7 Å². The van der Waals surface area contributed by atoms with E-state index < -0.39 is 11.5 Å². The van der Waals surface area contributed by atoms with Crippen molar-refractivity contribution in [2.75, 3.05) is 7.11 Å². The molecule has 2 rings (SSSR count). The number of ether oxygens (including phenoxy) is 1. The lowest BCUT2D eigenvalue weighted by Crippen LogP contribution is -2.29. The summed E-state index contributed by atoms with van der Waals surface area (Å²) in [6, 6.07) is 10.6. The van der Waals surface area contributed by atoms with Crippen LogP contribution in [0.2, 0.25) is 0 Å². The summed E-state index contributed by atoms with van der Waals surface area (Å²) in [6.07, 6.45) is 0.